The van der Waals surface area contributed by atoms with Gasteiger partial charge in [-0.2, -0.15) is 5.10 Å². The number of aromatic nitrogens is 2. The average molecular weight is 251 g/mol. The second-order valence-electron chi connectivity index (χ2n) is 4.00. The molecular formula is C10H13ClF2N2O. The van der Waals surface area contributed by atoms with Gasteiger partial charge in [0.05, 0.1) is 12.6 Å². The normalized spacial score (nSPS) is 17.6. The van der Waals surface area contributed by atoms with Crippen LogP contribution in [0.1, 0.15) is 49.4 Å². The summed E-state index contributed by atoms with van der Waals surface area (Å²) in [5.41, 5.74) is -0.331. The van der Waals surface area contributed by atoms with Gasteiger partial charge in [-0.25, -0.2) is 8.78 Å². The average Bonchev–Trinajstić information content (AvgIpc) is 2.84. The summed E-state index contributed by atoms with van der Waals surface area (Å²) in [6.07, 6.45) is 1.27. The summed E-state index contributed by atoms with van der Waals surface area (Å²) in [5.74, 6) is 0. The summed E-state index contributed by atoms with van der Waals surface area (Å²) < 4.78 is 26.7. The zero-order valence-electron chi connectivity index (χ0n) is 8.67. The molecule has 0 saturated heterocycles. The maximum absolute atomic E-state index is 12.6. The van der Waals surface area contributed by atoms with E-state index in [-0.39, 0.29) is 22.5 Å². The molecule has 1 aromatic heterocycles. The molecule has 1 saturated carbocycles. The standard InChI is InChI=1S/C10H13ClF2N2O/c11-9-7(5-16)8(10(12)13)14-15(9)6-3-1-2-4-6/h6,10,16H,1-5H2. The Labute approximate surface area is 97.0 Å². The predicted octanol–water partition coefficient (Wildman–Crippen LogP) is 3.08. The number of halogens is 3. The van der Waals surface area contributed by atoms with Crippen LogP contribution >= 0.6 is 11.6 Å². The number of nitrogens with zero attached hydrogens (tertiary/aromatic N) is 2. The van der Waals surface area contributed by atoms with Gasteiger partial charge < -0.3 is 5.11 Å². The highest BCUT2D eigenvalue weighted by Gasteiger charge is 2.27. The lowest BCUT2D eigenvalue weighted by atomic mass is 10.2. The Morgan fingerprint density at radius 3 is 2.50 bits per heavy atom. The molecule has 0 aliphatic heterocycles. The summed E-state index contributed by atoms with van der Waals surface area (Å²) in [7, 11) is 0. The number of rotatable bonds is 3. The first-order valence-electron chi connectivity index (χ1n) is 5.31. The van der Waals surface area contributed by atoms with Gasteiger partial charge in [-0.15, -0.1) is 0 Å². The molecule has 2 rings (SSSR count). The molecule has 0 amide bonds. The molecule has 0 bridgehead atoms. The first kappa shape index (κ1) is 11.8. The van der Waals surface area contributed by atoms with E-state index in [0.717, 1.165) is 25.7 Å². The van der Waals surface area contributed by atoms with Gasteiger partial charge in [-0.3, -0.25) is 4.68 Å². The van der Waals surface area contributed by atoms with Crippen LogP contribution in [-0.4, -0.2) is 14.9 Å². The zero-order valence-corrected chi connectivity index (χ0v) is 9.42. The molecule has 0 spiro atoms. The van der Waals surface area contributed by atoms with E-state index < -0.39 is 13.0 Å². The van der Waals surface area contributed by atoms with Gasteiger partial charge in [0.15, 0.2) is 0 Å². The van der Waals surface area contributed by atoms with E-state index in [1.54, 1.807) is 0 Å². The highest BCUT2D eigenvalue weighted by molar-refractivity contribution is 6.30. The van der Waals surface area contributed by atoms with Crippen LogP contribution in [0.15, 0.2) is 0 Å². The van der Waals surface area contributed by atoms with Crippen LogP contribution in [0, 0.1) is 0 Å². The van der Waals surface area contributed by atoms with E-state index in [1.807, 2.05) is 0 Å². The Balaban J connectivity index is 2.38. The van der Waals surface area contributed by atoms with Crippen LogP contribution in [0.2, 0.25) is 5.15 Å². The van der Waals surface area contributed by atoms with Crippen LogP contribution in [0.25, 0.3) is 0 Å². The van der Waals surface area contributed by atoms with Gasteiger partial charge in [0.2, 0.25) is 0 Å². The third-order valence-electron chi connectivity index (χ3n) is 3.01. The fourth-order valence-electron chi connectivity index (χ4n) is 2.18. The van der Waals surface area contributed by atoms with Crippen molar-refractivity contribution >= 4 is 11.6 Å². The van der Waals surface area contributed by atoms with E-state index in [4.69, 9.17) is 16.7 Å². The third kappa shape index (κ3) is 1.94. The molecule has 1 N–H and O–H groups in total. The first-order chi connectivity index (χ1) is 7.65. The SMILES string of the molecule is OCc1c(C(F)F)nn(C2CCCC2)c1Cl. The maximum atomic E-state index is 12.6. The molecule has 90 valence electrons. The van der Waals surface area contributed by atoms with Crippen molar-refractivity contribution in [3.05, 3.63) is 16.4 Å². The van der Waals surface area contributed by atoms with E-state index in [9.17, 15) is 8.78 Å². The van der Waals surface area contributed by atoms with Gasteiger partial charge in [-0.05, 0) is 12.8 Å². The quantitative estimate of drug-likeness (QED) is 0.895. The number of aliphatic hydroxyl groups excluding tert-OH is 1. The van der Waals surface area contributed by atoms with Gasteiger partial charge in [0.25, 0.3) is 6.43 Å². The lowest BCUT2D eigenvalue weighted by molar-refractivity contribution is 0.140. The van der Waals surface area contributed by atoms with E-state index in [1.165, 1.54) is 4.68 Å². The first-order valence-corrected chi connectivity index (χ1v) is 5.68. The monoisotopic (exact) mass is 250 g/mol. The molecular weight excluding hydrogens is 238 g/mol. The highest BCUT2D eigenvalue weighted by Crippen LogP contribution is 2.35. The van der Waals surface area contributed by atoms with Crippen molar-refractivity contribution in [2.24, 2.45) is 0 Å². The summed E-state index contributed by atoms with van der Waals surface area (Å²) in [6, 6.07) is 0.102. The molecule has 0 aromatic carbocycles. The highest BCUT2D eigenvalue weighted by atomic mass is 35.5. The number of aliphatic hydroxyl groups is 1. The summed E-state index contributed by atoms with van der Waals surface area (Å²) in [4.78, 5) is 0. The summed E-state index contributed by atoms with van der Waals surface area (Å²) in [5, 5.41) is 13.0. The van der Waals surface area contributed by atoms with Crippen LogP contribution in [-0.2, 0) is 6.61 Å². The van der Waals surface area contributed by atoms with Crippen molar-refractivity contribution < 1.29 is 13.9 Å². The second-order valence-corrected chi connectivity index (χ2v) is 4.35. The predicted molar refractivity (Wildman–Crippen MR) is 55.6 cm³/mol. The van der Waals surface area contributed by atoms with Gasteiger partial charge in [-0.1, -0.05) is 24.4 Å². The summed E-state index contributed by atoms with van der Waals surface area (Å²) >= 11 is 5.96. The number of hydrogen-bond acceptors (Lipinski definition) is 2. The number of hydrogen-bond donors (Lipinski definition) is 1. The molecule has 0 atom stereocenters. The van der Waals surface area contributed by atoms with Gasteiger partial charge in [0, 0.05) is 5.56 Å². The van der Waals surface area contributed by atoms with E-state index >= 15 is 0 Å². The Hall–Kier alpha value is -0.680. The molecule has 1 heterocycles. The minimum Gasteiger partial charge on any atom is -0.391 e. The third-order valence-corrected chi connectivity index (χ3v) is 3.41. The Kier molecular flexibility index (Phi) is 3.44. The topological polar surface area (TPSA) is 38.1 Å². The molecule has 3 nitrogen and oxygen atoms in total. The van der Waals surface area contributed by atoms with Gasteiger partial charge >= 0.3 is 0 Å². The van der Waals surface area contributed by atoms with Crippen molar-refractivity contribution in [2.45, 2.75) is 44.8 Å². The molecule has 0 unspecified atom stereocenters. The van der Waals surface area contributed by atoms with Crippen molar-refractivity contribution in [3.8, 4) is 0 Å². The van der Waals surface area contributed by atoms with E-state index in [0.29, 0.717) is 0 Å². The maximum Gasteiger partial charge on any atom is 0.282 e. The molecule has 0 radical (unpaired) electrons. The van der Waals surface area contributed by atoms with Crippen molar-refractivity contribution in [1.82, 2.24) is 9.78 Å². The molecule has 1 aliphatic rings. The van der Waals surface area contributed by atoms with Crippen LogP contribution in [0.5, 0.6) is 0 Å². The largest absolute Gasteiger partial charge is 0.391 e. The molecule has 6 heteroatoms. The molecule has 1 aromatic rings. The zero-order chi connectivity index (χ0) is 11.7. The van der Waals surface area contributed by atoms with Crippen molar-refractivity contribution in [2.75, 3.05) is 0 Å². The fourth-order valence-corrected chi connectivity index (χ4v) is 2.51. The fraction of sp³-hybridized carbons (Fsp3) is 0.700. The smallest absolute Gasteiger partial charge is 0.282 e. The van der Waals surface area contributed by atoms with Crippen molar-refractivity contribution in [1.29, 1.82) is 0 Å². The minimum atomic E-state index is -2.69. The number of alkyl halides is 2. The Morgan fingerprint density at radius 2 is 2.06 bits per heavy atom. The lowest BCUT2D eigenvalue weighted by Gasteiger charge is -2.10. The van der Waals surface area contributed by atoms with Crippen LogP contribution < -0.4 is 0 Å². The lowest BCUT2D eigenvalue weighted by Crippen LogP contribution is -2.07. The second kappa shape index (κ2) is 4.67. The van der Waals surface area contributed by atoms with E-state index in [2.05, 4.69) is 5.10 Å². The summed E-state index contributed by atoms with van der Waals surface area (Å²) in [6.45, 7) is -0.495. The Morgan fingerprint density at radius 1 is 1.44 bits per heavy atom. The van der Waals surface area contributed by atoms with Crippen molar-refractivity contribution in [3.63, 3.8) is 0 Å². The molecule has 1 fully saturated rings. The van der Waals surface area contributed by atoms with Crippen LogP contribution in [0.3, 0.4) is 0 Å². The Bertz CT molecular complexity index is 375. The molecule has 16 heavy (non-hydrogen) atoms. The van der Waals surface area contributed by atoms with Crippen LogP contribution in [0.4, 0.5) is 8.78 Å². The minimum absolute atomic E-state index is 0.0589. The molecule has 1 aliphatic carbocycles. The van der Waals surface area contributed by atoms with Gasteiger partial charge in [0.1, 0.15) is 10.8 Å².